The van der Waals surface area contributed by atoms with Crippen molar-refractivity contribution in [3.8, 4) is 0 Å². The molecule has 0 unspecified atom stereocenters. The summed E-state index contributed by atoms with van der Waals surface area (Å²) in [5.41, 5.74) is 0. The molecule has 0 aliphatic rings. The molecule has 0 fully saturated rings. The molecule has 5 heteroatoms. The highest BCUT2D eigenvalue weighted by molar-refractivity contribution is 5.68. The lowest BCUT2D eigenvalue weighted by molar-refractivity contribution is -0.142. The molecule has 0 aromatic carbocycles. The van der Waals surface area contributed by atoms with Crippen molar-refractivity contribution >= 4 is 5.97 Å². The second-order valence-corrected chi connectivity index (χ2v) is 1.81. The summed E-state index contributed by atoms with van der Waals surface area (Å²) in [6.45, 7) is 4.07. The Labute approximate surface area is 71.1 Å². The Morgan fingerprint density at radius 3 is 2.17 bits per heavy atom. The fourth-order valence-corrected chi connectivity index (χ4v) is 0.430. The predicted molar refractivity (Wildman–Crippen MR) is 43.3 cm³/mol. The first-order valence-electron chi connectivity index (χ1n) is 3.76. The van der Waals surface area contributed by atoms with Crippen molar-refractivity contribution in [1.82, 2.24) is 15.4 Å². The number of rotatable bonds is 2. The van der Waals surface area contributed by atoms with Gasteiger partial charge in [0.25, 0.3) is 0 Å². The van der Waals surface area contributed by atoms with E-state index in [1.807, 2.05) is 0 Å². The number of nitrogens with one attached hydrogen (secondary N) is 1. The van der Waals surface area contributed by atoms with Gasteiger partial charge in [0, 0.05) is 6.42 Å². The Balaban J connectivity index is 0.000000211. The molecule has 0 spiro atoms. The highest BCUT2D eigenvalue weighted by atomic mass is 16.5. The molecule has 0 aliphatic carbocycles. The van der Waals surface area contributed by atoms with E-state index >= 15 is 0 Å². The molecule has 0 saturated carbocycles. The van der Waals surface area contributed by atoms with E-state index in [1.165, 1.54) is 0 Å². The first-order valence-corrected chi connectivity index (χ1v) is 3.76. The Kier molecular flexibility index (Phi) is 6.82. The Morgan fingerprint density at radius 2 is 2.00 bits per heavy atom. The average molecular weight is 171 g/mol. The molecule has 1 rings (SSSR count). The smallest absolute Gasteiger partial charge is 0.305 e. The molecule has 68 valence electrons. The first kappa shape index (κ1) is 10.6. The van der Waals surface area contributed by atoms with E-state index in [2.05, 4.69) is 20.1 Å². The molecule has 1 aromatic heterocycles. The number of carbonyl (C=O) groups is 1. The number of nitrogens with zero attached hydrogens (tertiary/aromatic N) is 2. The summed E-state index contributed by atoms with van der Waals surface area (Å²) in [4.78, 5) is 10.2. The van der Waals surface area contributed by atoms with Gasteiger partial charge >= 0.3 is 5.97 Å². The van der Waals surface area contributed by atoms with Crippen LogP contribution in [0.1, 0.15) is 20.3 Å². The van der Waals surface area contributed by atoms with Crippen molar-refractivity contribution < 1.29 is 9.53 Å². The van der Waals surface area contributed by atoms with Crippen LogP contribution in [0, 0.1) is 0 Å². The second kappa shape index (κ2) is 7.71. The van der Waals surface area contributed by atoms with Crippen LogP contribution < -0.4 is 0 Å². The highest BCUT2D eigenvalue weighted by Crippen LogP contribution is 1.80. The Hall–Kier alpha value is -1.39. The fourth-order valence-electron chi connectivity index (χ4n) is 0.430. The molecule has 5 nitrogen and oxygen atoms in total. The number of hydrogen-bond acceptors (Lipinski definition) is 4. The summed E-state index contributed by atoms with van der Waals surface area (Å²) >= 11 is 0. The number of H-pyrrole nitrogens is 1. The van der Waals surface area contributed by atoms with E-state index < -0.39 is 0 Å². The summed E-state index contributed by atoms with van der Waals surface area (Å²) < 4.78 is 4.55. The van der Waals surface area contributed by atoms with Crippen molar-refractivity contribution in [2.45, 2.75) is 20.3 Å². The van der Waals surface area contributed by atoms with Gasteiger partial charge in [-0.2, -0.15) is 15.4 Å². The third-order valence-corrected chi connectivity index (χ3v) is 0.925. The van der Waals surface area contributed by atoms with Crippen LogP contribution in [0.4, 0.5) is 0 Å². The second-order valence-electron chi connectivity index (χ2n) is 1.81. The van der Waals surface area contributed by atoms with Crippen LogP contribution in [0.3, 0.4) is 0 Å². The van der Waals surface area contributed by atoms with Crippen LogP contribution in [0.2, 0.25) is 0 Å². The van der Waals surface area contributed by atoms with E-state index in [9.17, 15) is 4.79 Å². The van der Waals surface area contributed by atoms with Gasteiger partial charge in [0.1, 0.15) is 0 Å². The minimum absolute atomic E-state index is 0.123. The van der Waals surface area contributed by atoms with E-state index in [0.717, 1.165) is 0 Å². The van der Waals surface area contributed by atoms with Gasteiger partial charge in [-0.05, 0) is 6.92 Å². The predicted octanol–water partition coefficient (Wildman–Crippen LogP) is 0.764. The molecule has 0 atom stereocenters. The van der Waals surface area contributed by atoms with Gasteiger partial charge in [0.15, 0.2) is 0 Å². The summed E-state index contributed by atoms with van der Waals surface area (Å²) in [6, 6.07) is 0. The maximum atomic E-state index is 10.2. The molecular formula is C7H13N3O2. The van der Waals surface area contributed by atoms with Crippen molar-refractivity contribution in [3.63, 3.8) is 0 Å². The van der Waals surface area contributed by atoms with E-state index in [1.54, 1.807) is 26.2 Å². The van der Waals surface area contributed by atoms with Crippen LogP contribution in [0.25, 0.3) is 0 Å². The quantitative estimate of drug-likeness (QED) is 0.667. The molecule has 1 N–H and O–H groups in total. The van der Waals surface area contributed by atoms with Gasteiger partial charge in [0.2, 0.25) is 0 Å². The van der Waals surface area contributed by atoms with Gasteiger partial charge in [-0.25, -0.2) is 0 Å². The topological polar surface area (TPSA) is 67.9 Å². The summed E-state index contributed by atoms with van der Waals surface area (Å²) in [7, 11) is 0. The van der Waals surface area contributed by atoms with E-state index in [-0.39, 0.29) is 5.97 Å². The average Bonchev–Trinajstić information content (AvgIpc) is 2.62. The molecule has 0 saturated heterocycles. The first-order chi connectivity index (χ1) is 5.81. The van der Waals surface area contributed by atoms with E-state index in [4.69, 9.17) is 0 Å². The molecule has 0 bridgehead atoms. The van der Waals surface area contributed by atoms with Crippen LogP contribution in [-0.4, -0.2) is 28.0 Å². The highest BCUT2D eigenvalue weighted by Gasteiger charge is 1.91. The zero-order chi connectivity index (χ0) is 9.23. The zero-order valence-electron chi connectivity index (χ0n) is 7.28. The van der Waals surface area contributed by atoms with Gasteiger partial charge in [-0.15, -0.1) is 0 Å². The van der Waals surface area contributed by atoms with E-state index in [0.29, 0.717) is 13.0 Å². The fraction of sp³-hybridized carbons (Fsp3) is 0.571. The minimum atomic E-state index is -0.123. The molecular weight excluding hydrogens is 158 g/mol. The van der Waals surface area contributed by atoms with Crippen LogP contribution in [-0.2, 0) is 9.53 Å². The number of hydrogen-bond donors (Lipinski definition) is 1. The normalized spacial score (nSPS) is 8.17. The molecule has 0 aliphatic heterocycles. The summed E-state index contributed by atoms with van der Waals surface area (Å²) in [5.74, 6) is -0.123. The molecule has 12 heavy (non-hydrogen) atoms. The number of ether oxygens (including phenoxy) is 1. The minimum Gasteiger partial charge on any atom is -0.466 e. The molecule has 1 heterocycles. The van der Waals surface area contributed by atoms with Crippen molar-refractivity contribution in [1.29, 1.82) is 0 Å². The SMILES string of the molecule is CCOC(=O)CC.c1cn[nH]n1. The van der Waals surface area contributed by atoms with Crippen molar-refractivity contribution in [3.05, 3.63) is 12.4 Å². The molecule has 0 amide bonds. The number of carbonyl (C=O) groups excluding carboxylic acids is 1. The van der Waals surface area contributed by atoms with Gasteiger partial charge in [-0.3, -0.25) is 4.79 Å². The summed E-state index contributed by atoms with van der Waals surface area (Å²) in [6.07, 6.45) is 3.65. The van der Waals surface area contributed by atoms with Crippen LogP contribution >= 0.6 is 0 Å². The Bertz CT molecular complexity index is 169. The molecule has 0 radical (unpaired) electrons. The Morgan fingerprint density at radius 1 is 1.42 bits per heavy atom. The standard InChI is InChI=1S/C5H10O2.C2H3N3/c1-3-5(6)7-4-2;1-2-4-5-3-1/h3-4H2,1-2H3;1-2H,(H,3,4,5). The number of aromatic nitrogens is 3. The maximum Gasteiger partial charge on any atom is 0.305 e. The third-order valence-electron chi connectivity index (χ3n) is 0.925. The summed E-state index contributed by atoms with van der Waals surface area (Å²) in [5, 5.41) is 9.33. The third kappa shape index (κ3) is 6.73. The van der Waals surface area contributed by atoms with Crippen molar-refractivity contribution in [2.75, 3.05) is 6.61 Å². The van der Waals surface area contributed by atoms with Gasteiger partial charge in [0.05, 0.1) is 19.0 Å². The van der Waals surface area contributed by atoms with Gasteiger partial charge in [-0.1, -0.05) is 6.92 Å². The lowest BCUT2D eigenvalue weighted by Crippen LogP contribution is -2.00. The maximum absolute atomic E-state index is 10.2. The largest absolute Gasteiger partial charge is 0.466 e. The van der Waals surface area contributed by atoms with Crippen LogP contribution in [0.15, 0.2) is 12.4 Å². The number of aromatic amines is 1. The zero-order valence-corrected chi connectivity index (χ0v) is 7.28. The monoisotopic (exact) mass is 171 g/mol. The van der Waals surface area contributed by atoms with Crippen molar-refractivity contribution in [2.24, 2.45) is 0 Å². The lowest BCUT2D eigenvalue weighted by Gasteiger charge is -1.93. The number of esters is 1. The van der Waals surface area contributed by atoms with Crippen LogP contribution in [0.5, 0.6) is 0 Å². The molecule has 1 aromatic rings. The lowest BCUT2D eigenvalue weighted by atomic mass is 10.5. The van der Waals surface area contributed by atoms with Gasteiger partial charge < -0.3 is 4.74 Å².